The minimum Gasteiger partial charge on any atom is -0.290 e. The molecule has 0 amide bonds. The number of nitrogens with zero attached hydrogens (tertiary/aromatic N) is 4. The lowest BCUT2D eigenvalue weighted by Crippen LogP contribution is -2.23. The second-order valence-corrected chi connectivity index (χ2v) is 9.03. The van der Waals surface area contributed by atoms with Gasteiger partial charge in [-0.1, -0.05) is 5.16 Å². The Labute approximate surface area is 157 Å². The molecule has 27 heavy (non-hydrogen) atoms. The summed E-state index contributed by atoms with van der Waals surface area (Å²) in [6.07, 6.45) is 3.09. The number of unbranched alkanes of at least 4 members (excludes halogenated alkanes) is 1. The summed E-state index contributed by atoms with van der Waals surface area (Å²) in [5.41, 5.74) is 3.74. The lowest BCUT2D eigenvalue weighted by Gasteiger charge is -2.17. The van der Waals surface area contributed by atoms with E-state index in [2.05, 4.69) is 19.7 Å². The number of aryl methyl sites for hydroxylation is 2. The molecule has 1 aromatic carbocycles. The van der Waals surface area contributed by atoms with E-state index in [-0.39, 0.29) is 11.7 Å². The second-order valence-electron chi connectivity index (χ2n) is 6.41. The van der Waals surface area contributed by atoms with Gasteiger partial charge < -0.3 is 0 Å². The van der Waals surface area contributed by atoms with Crippen molar-refractivity contribution < 1.29 is 18.4 Å². The summed E-state index contributed by atoms with van der Waals surface area (Å²) in [6, 6.07) is 4.36. The first kappa shape index (κ1) is 19.4. The predicted molar refractivity (Wildman–Crippen MR) is 99.3 cm³/mol. The van der Waals surface area contributed by atoms with Crippen LogP contribution in [0.4, 0.5) is 10.1 Å². The van der Waals surface area contributed by atoms with Crippen molar-refractivity contribution in [2.24, 2.45) is 9.36 Å². The quantitative estimate of drug-likeness (QED) is 0.323. The molecule has 1 aliphatic heterocycles. The molecular weight excluding hydrogens is 373 g/mol. The fourth-order valence-corrected chi connectivity index (χ4v) is 4.17. The zero-order valence-electron chi connectivity index (χ0n) is 15.0. The minimum absolute atomic E-state index is 0.0689. The Morgan fingerprint density at radius 3 is 2.85 bits per heavy atom. The van der Waals surface area contributed by atoms with Gasteiger partial charge in [0.25, 0.3) is 0 Å². The Morgan fingerprint density at radius 2 is 2.19 bits per heavy atom. The number of hydrogen-bond acceptors (Lipinski definition) is 7. The highest BCUT2D eigenvalue weighted by molar-refractivity contribution is 7.94. The third kappa shape index (κ3) is 4.89. The topological polar surface area (TPSA) is 113 Å². The van der Waals surface area contributed by atoms with Gasteiger partial charge >= 0.3 is 0 Å². The Hall–Kier alpha value is -2.33. The zero-order valence-corrected chi connectivity index (χ0v) is 15.8. The number of benzene rings is 1. The van der Waals surface area contributed by atoms with E-state index in [1.165, 1.54) is 12.1 Å². The van der Waals surface area contributed by atoms with Crippen LogP contribution in [0.2, 0.25) is 0 Å². The molecule has 1 aromatic heterocycles. The van der Waals surface area contributed by atoms with Crippen molar-refractivity contribution in [3.63, 3.8) is 0 Å². The van der Waals surface area contributed by atoms with Crippen LogP contribution in [0.3, 0.4) is 0 Å². The maximum absolute atomic E-state index is 13.4. The number of amidine groups is 1. The van der Waals surface area contributed by atoms with E-state index in [4.69, 9.17) is 4.63 Å². The maximum Gasteiger partial charge on any atom is 0.181 e. The van der Waals surface area contributed by atoms with Gasteiger partial charge in [-0.2, -0.15) is 0 Å². The molecule has 1 fully saturated rings. The molecule has 0 unspecified atom stereocenters. The van der Waals surface area contributed by atoms with Crippen LogP contribution in [0.1, 0.15) is 36.2 Å². The fourth-order valence-electron chi connectivity index (χ4n) is 2.66. The molecule has 0 bridgehead atoms. The first-order valence-corrected chi connectivity index (χ1v) is 10.6. The van der Waals surface area contributed by atoms with Crippen molar-refractivity contribution >= 4 is 21.3 Å². The summed E-state index contributed by atoms with van der Waals surface area (Å²) in [6.45, 7) is 2.19. The molecule has 3 rings (SSSR count). The fraction of sp³-hybridized carbons (Fsp3) is 0.471. The van der Waals surface area contributed by atoms with E-state index in [1.54, 1.807) is 13.0 Å². The van der Waals surface area contributed by atoms with E-state index < -0.39 is 9.73 Å². The van der Waals surface area contributed by atoms with E-state index in [0.29, 0.717) is 35.6 Å². The molecule has 8 nitrogen and oxygen atoms in total. The standard InChI is InChI=1S/C17H22FN5O3S/c1-12-11-13(6-7-14(12)18)20-17(21-24)16-15(22-26-23-16)5-2-3-8-19-27(25)9-4-10-27/h6-7,11,24H,2-5,8-10H2,1H3,(H,20,21). The van der Waals surface area contributed by atoms with Crippen molar-refractivity contribution in [3.8, 4) is 0 Å². The first-order chi connectivity index (χ1) is 13.0. The van der Waals surface area contributed by atoms with Crippen LogP contribution >= 0.6 is 0 Å². The van der Waals surface area contributed by atoms with Gasteiger partial charge in [-0.3, -0.25) is 10.7 Å². The van der Waals surface area contributed by atoms with Gasteiger partial charge in [-0.25, -0.2) is 22.6 Å². The predicted octanol–water partition coefficient (Wildman–Crippen LogP) is 2.77. The lowest BCUT2D eigenvalue weighted by atomic mass is 10.1. The molecule has 1 aliphatic rings. The first-order valence-electron chi connectivity index (χ1n) is 8.76. The average molecular weight is 395 g/mol. The van der Waals surface area contributed by atoms with Gasteiger partial charge in [0.05, 0.1) is 5.69 Å². The van der Waals surface area contributed by atoms with Crippen molar-refractivity contribution in [1.82, 2.24) is 15.8 Å². The number of halogens is 1. The van der Waals surface area contributed by atoms with Crippen LogP contribution in [0, 0.1) is 12.7 Å². The van der Waals surface area contributed by atoms with Gasteiger partial charge in [0.1, 0.15) is 11.5 Å². The van der Waals surface area contributed by atoms with Gasteiger partial charge in [0.15, 0.2) is 11.5 Å². The number of nitrogens with one attached hydrogen (secondary N) is 1. The number of rotatable bonds is 7. The van der Waals surface area contributed by atoms with Crippen LogP contribution < -0.4 is 5.48 Å². The van der Waals surface area contributed by atoms with Crippen LogP contribution in [-0.2, 0) is 16.1 Å². The SMILES string of the molecule is Cc1cc(N=C(NO)c2nonc2CCCCN=S2(=O)CCC2)ccc1F. The van der Waals surface area contributed by atoms with E-state index in [0.717, 1.165) is 30.8 Å². The Morgan fingerprint density at radius 1 is 1.37 bits per heavy atom. The molecule has 0 saturated carbocycles. The number of hydroxylamine groups is 1. The maximum atomic E-state index is 13.4. The zero-order chi connectivity index (χ0) is 19.3. The van der Waals surface area contributed by atoms with Crippen molar-refractivity contribution in [1.29, 1.82) is 0 Å². The van der Waals surface area contributed by atoms with Crippen LogP contribution in [0.25, 0.3) is 0 Å². The molecule has 0 aliphatic carbocycles. The highest BCUT2D eigenvalue weighted by Gasteiger charge is 2.19. The van der Waals surface area contributed by atoms with Crippen molar-refractivity contribution in [3.05, 3.63) is 41.0 Å². The van der Waals surface area contributed by atoms with Gasteiger partial charge in [-0.05, 0) is 61.5 Å². The second kappa shape index (κ2) is 8.57. The van der Waals surface area contributed by atoms with E-state index >= 15 is 0 Å². The number of hydrogen-bond donors (Lipinski definition) is 2. The van der Waals surface area contributed by atoms with Crippen LogP contribution in [-0.4, -0.2) is 43.6 Å². The summed E-state index contributed by atoms with van der Waals surface area (Å²) in [4.78, 5) is 4.25. The Bertz CT molecular complexity index is 940. The summed E-state index contributed by atoms with van der Waals surface area (Å²) in [5, 5.41) is 17.1. The molecule has 2 heterocycles. The third-order valence-corrected chi connectivity index (χ3v) is 6.85. The normalized spacial score (nSPS) is 16.0. The number of aliphatic imine (C=N–C) groups is 1. The number of aromatic nitrogens is 2. The molecule has 2 N–H and O–H groups in total. The van der Waals surface area contributed by atoms with E-state index in [9.17, 15) is 13.8 Å². The molecule has 1 saturated heterocycles. The summed E-state index contributed by atoms with van der Waals surface area (Å²) < 4.78 is 34.4. The third-order valence-electron chi connectivity index (χ3n) is 4.34. The summed E-state index contributed by atoms with van der Waals surface area (Å²) in [5.74, 6) is 1.18. The molecule has 0 spiro atoms. The summed E-state index contributed by atoms with van der Waals surface area (Å²) >= 11 is 0. The smallest absolute Gasteiger partial charge is 0.181 e. The average Bonchev–Trinajstić information content (AvgIpc) is 3.09. The molecular formula is C17H22FN5O3S. The van der Waals surface area contributed by atoms with Crippen LogP contribution in [0.5, 0.6) is 0 Å². The highest BCUT2D eigenvalue weighted by Crippen LogP contribution is 2.19. The minimum atomic E-state index is -1.90. The van der Waals surface area contributed by atoms with Crippen molar-refractivity contribution in [2.75, 3.05) is 18.1 Å². The molecule has 2 aromatic rings. The lowest BCUT2D eigenvalue weighted by molar-refractivity contribution is 0.234. The molecule has 10 heteroatoms. The van der Waals surface area contributed by atoms with Gasteiger partial charge in [-0.15, -0.1) is 0 Å². The van der Waals surface area contributed by atoms with Gasteiger partial charge in [0.2, 0.25) is 0 Å². The molecule has 0 atom stereocenters. The Balaban J connectivity index is 1.65. The Kier molecular flexibility index (Phi) is 6.17. The van der Waals surface area contributed by atoms with Crippen LogP contribution in [0.15, 0.2) is 32.2 Å². The molecule has 0 radical (unpaired) electrons. The monoisotopic (exact) mass is 395 g/mol. The van der Waals surface area contributed by atoms with Gasteiger partial charge in [0, 0.05) is 27.8 Å². The van der Waals surface area contributed by atoms with Crippen molar-refractivity contribution in [2.45, 2.75) is 32.6 Å². The van der Waals surface area contributed by atoms with E-state index in [1.807, 2.05) is 5.48 Å². The highest BCUT2D eigenvalue weighted by atomic mass is 32.2. The largest absolute Gasteiger partial charge is 0.290 e. The summed E-state index contributed by atoms with van der Waals surface area (Å²) in [7, 11) is -1.90. The molecule has 146 valence electrons.